The van der Waals surface area contributed by atoms with Crippen molar-refractivity contribution in [1.82, 2.24) is 19.0 Å². The number of carbonyl (C=O) groups is 1. The summed E-state index contributed by atoms with van der Waals surface area (Å²) in [6.45, 7) is 1.77. The summed E-state index contributed by atoms with van der Waals surface area (Å²) in [4.78, 5) is 15.0. The lowest BCUT2D eigenvalue weighted by atomic mass is 10.1. The Morgan fingerprint density at radius 2 is 1.72 bits per heavy atom. The van der Waals surface area contributed by atoms with Crippen LogP contribution in [0.15, 0.2) is 71.9 Å². The van der Waals surface area contributed by atoms with Crippen LogP contribution >= 0.6 is 0 Å². The van der Waals surface area contributed by atoms with Crippen molar-refractivity contribution in [3.8, 4) is 5.69 Å². The largest absolute Gasteiger partial charge is 0.322 e. The molecule has 1 saturated heterocycles. The van der Waals surface area contributed by atoms with E-state index in [2.05, 4.69) is 15.3 Å². The van der Waals surface area contributed by atoms with Crippen LogP contribution in [-0.4, -0.2) is 66.5 Å². The number of aromatic nitrogens is 2. The van der Waals surface area contributed by atoms with E-state index in [4.69, 9.17) is 0 Å². The van der Waals surface area contributed by atoms with Gasteiger partial charge in [0.25, 0.3) is 5.91 Å². The highest BCUT2D eigenvalue weighted by Gasteiger charge is 2.30. The van der Waals surface area contributed by atoms with Crippen molar-refractivity contribution in [3.63, 3.8) is 0 Å². The molecule has 1 amide bonds. The van der Waals surface area contributed by atoms with Crippen molar-refractivity contribution in [2.45, 2.75) is 23.8 Å². The van der Waals surface area contributed by atoms with Crippen LogP contribution in [0, 0.1) is 0 Å². The molecule has 3 aromatic rings. The van der Waals surface area contributed by atoms with Gasteiger partial charge in [0, 0.05) is 36.7 Å². The fraction of sp³-hybridized carbons (Fsp3) is 0.304. The standard InChI is InChI=1S/C23H27N5O3S/c1-26-16-12-20(13-17-26)27(2)32(30,31)22-10-6-19(7-11-22)25-23(29)18-4-8-21(9-5-18)28-15-3-14-24-28/h3-11,14-15,20H,12-13,16-17H2,1-2H3,(H,25,29). The highest BCUT2D eigenvalue weighted by molar-refractivity contribution is 7.89. The first kappa shape index (κ1) is 22.2. The topological polar surface area (TPSA) is 87.5 Å². The number of nitrogens with one attached hydrogen (secondary N) is 1. The van der Waals surface area contributed by atoms with Crippen LogP contribution < -0.4 is 5.32 Å². The van der Waals surface area contributed by atoms with E-state index in [1.807, 2.05) is 31.4 Å². The second-order valence-corrected chi connectivity index (χ2v) is 10.0. The van der Waals surface area contributed by atoms with Crippen LogP contribution in [0.2, 0.25) is 0 Å². The summed E-state index contributed by atoms with van der Waals surface area (Å²) in [5.41, 5.74) is 1.89. The molecule has 0 atom stereocenters. The Morgan fingerprint density at radius 3 is 2.31 bits per heavy atom. The average Bonchev–Trinajstić information content (AvgIpc) is 3.34. The zero-order valence-electron chi connectivity index (χ0n) is 18.2. The van der Waals surface area contributed by atoms with E-state index in [0.717, 1.165) is 31.6 Å². The van der Waals surface area contributed by atoms with Gasteiger partial charge in [-0.2, -0.15) is 9.40 Å². The minimum absolute atomic E-state index is 0.000270. The molecule has 1 aromatic heterocycles. The summed E-state index contributed by atoms with van der Waals surface area (Å²) in [6.07, 6.45) is 5.16. The van der Waals surface area contributed by atoms with E-state index in [1.165, 1.54) is 16.4 Å². The van der Waals surface area contributed by atoms with E-state index in [9.17, 15) is 13.2 Å². The van der Waals surface area contributed by atoms with Crippen LogP contribution in [-0.2, 0) is 10.0 Å². The van der Waals surface area contributed by atoms with E-state index < -0.39 is 10.0 Å². The third-order valence-corrected chi connectivity index (χ3v) is 7.81. The number of benzene rings is 2. The normalized spacial score (nSPS) is 15.7. The van der Waals surface area contributed by atoms with Gasteiger partial charge < -0.3 is 10.2 Å². The molecule has 2 aromatic carbocycles. The molecule has 1 N–H and O–H groups in total. The lowest BCUT2D eigenvalue weighted by molar-refractivity contribution is 0.102. The Labute approximate surface area is 188 Å². The predicted octanol–water partition coefficient (Wildman–Crippen LogP) is 2.84. The molecule has 1 aliphatic heterocycles. The number of carbonyl (C=O) groups excluding carboxylic acids is 1. The zero-order valence-corrected chi connectivity index (χ0v) is 19.0. The van der Waals surface area contributed by atoms with Gasteiger partial charge in [-0.25, -0.2) is 13.1 Å². The van der Waals surface area contributed by atoms with Crippen molar-refractivity contribution in [2.24, 2.45) is 0 Å². The minimum atomic E-state index is -3.59. The molecule has 0 radical (unpaired) electrons. The Morgan fingerprint density at radius 1 is 1.06 bits per heavy atom. The van der Waals surface area contributed by atoms with Gasteiger partial charge in [0.2, 0.25) is 10.0 Å². The van der Waals surface area contributed by atoms with Crippen molar-refractivity contribution in [3.05, 3.63) is 72.6 Å². The van der Waals surface area contributed by atoms with Gasteiger partial charge in [0.1, 0.15) is 0 Å². The molecule has 1 fully saturated rings. The number of hydrogen-bond donors (Lipinski definition) is 1. The molecule has 8 nitrogen and oxygen atoms in total. The summed E-state index contributed by atoms with van der Waals surface area (Å²) in [7, 11) is 0.108. The summed E-state index contributed by atoms with van der Waals surface area (Å²) in [5, 5.41) is 6.98. The first-order valence-corrected chi connectivity index (χ1v) is 12.0. The van der Waals surface area contributed by atoms with Gasteiger partial charge in [0.05, 0.1) is 10.6 Å². The molecule has 0 spiro atoms. The quantitative estimate of drug-likeness (QED) is 0.620. The molecule has 9 heteroatoms. The number of hydrogen-bond acceptors (Lipinski definition) is 5. The Balaban J connectivity index is 1.41. The fourth-order valence-electron chi connectivity index (χ4n) is 3.82. The highest BCUT2D eigenvalue weighted by Crippen LogP contribution is 2.23. The molecular weight excluding hydrogens is 426 g/mol. The van der Waals surface area contributed by atoms with E-state index in [0.29, 0.717) is 11.3 Å². The second-order valence-electron chi connectivity index (χ2n) is 8.03. The minimum Gasteiger partial charge on any atom is -0.322 e. The van der Waals surface area contributed by atoms with Crippen LogP contribution in [0.3, 0.4) is 0 Å². The molecule has 32 heavy (non-hydrogen) atoms. The molecule has 2 heterocycles. The van der Waals surface area contributed by atoms with Gasteiger partial charge in [-0.05, 0) is 87.6 Å². The van der Waals surface area contributed by atoms with Gasteiger partial charge >= 0.3 is 0 Å². The fourth-order valence-corrected chi connectivity index (χ4v) is 5.24. The zero-order chi connectivity index (χ0) is 22.7. The Kier molecular flexibility index (Phi) is 6.40. The number of nitrogens with zero attached hydrogens (tertiary/aromatic N) is 4. The van der Waals surface area contributed by atoms with Crippen LogP contribution in [0.1, 0.15) is 23.2 Å². The maximum atomic E-state index is 13.0. The lowest BCUT2D eigenvalue weighted by Gasteiger charge is -2.34. The van der Waals surface area contributed by atoms with Gasteiger partial charge in [0.15, 0.2) is 0 Å². The number of anilines is 1. The molecule has 0 unspecified atom stereocenters. The van der Waals surface area contributed by atoms with Gasteiger partial charge in [-0.15, -0.1) is 0 Å². The maximum absolute atomic E-state index is 13.0. The molecule has 0 bridgehead atoms. The SMILES string of the molecule is CN1CCC(N(C)S(=O)(=O)c2ccc(NC(=O)c3ccc(-n4cccn4)cc3)cc2)CC1. The number of sulfonamides is 1. The van der Waals surface area contributed by atoms with E-state index in [1.54, 1.807) is 42.2 Å². The number of likely N-dealkylation sites (tertiary alicyclic amines) is 1. The van der Waals surface area contributed by atoms with E-state index in [-0.39, 0.29) is 16.8 Å². The van der Waals surface area contributed by atoms with Crippen molar-refractivity contribution < 1.29 is 13.2 Å². The summed E-state index contributed by atoms with van der Waals surface area (Å²) >= 11 is 0. The Hall–Kier alpha value is -3.01. The summed E-state index contributed by atoms with van der Waals surface area (Å²) in [5.74, 6) is -0.268. The van der Waals surface area contributed by atoms with E-state index >= 15 is 0 Å². The smallest absolute Gasteiger partial charge is 0.255 e. The molecule has 0 aliphatic carbocycles. The third-order valence-electron chi connectivity index (χ3n) is 5.89. The molecule has 0 saturated carbocycles. The average molecular weight is 454 g/mol. The molecule has 1 aliphatic rings. The number of amides is 1. The van der Waals surface area contributed by atoms with Crippen LogP contribution in [0.4, 0.5) is 5.69 Å². The van der Waals surface area contributed by atoms with Crippen molar-refractivity contribution in [1.29, 1.82) is 0 Å². The highest BCUT2D eigenvalue weighted by atomic mass is 32.2. The number of rotatable bonds is 6. The van der Waals surface area contributed by atoms with Crippen molar-refractivity contribution in [2.75, 3.05) is 32.5 Å². The first-order chi connectivity index (χ1) is 15.3. The number of piperidine rings is 1. The Bertz CT molecular complexity index is 1150. The van der Waals surface area contributed by atoms with Crippen molar-refractivity contribution >= 4 is 21.6 Å². The van der Waals surface area contributed by atoms with Gasteiger partial charge in [-0.3, -0.25) is 4.79 Å². The van der Waals surface area contributed by atoms with Crippen LogP contribution in [0.5, 0.6) is 0 Å². The van der Waals surface area contributed by atoms with Gasteiger partial charge in [-0.1, -0.05) is 0 Å². The predicted molar refractivity (Wildman–Crippen MR) is 123 cm³/mol. The maximum Gasteiger partial charge on any atom is 0.255 e. The summed E-state index contributed by atoms with van der Waals surface area (Å²) < 4.78 is 29.2. The second kappa shape index (κ2) is 9.23. The molecule has 168 valence electrons. The third kappa shape index (κ3) is 4.74. The first-order valence-electron chi connectivity index (χ1n) is 10.5. The molecule has 4 rings (SSSR count). The van der Waals surface area contributed by atoms with Crippen LogP contribution in [0.25, 0.3) is 5.69 Å². The monoisotopic (exact) mass is 453 g/mol. The lowest BCUT2D eigenvalue weighted by Crippen LogP contribution is -2.44. The molecular formula is C23H27N5O3S. The summed E-state index contributed by atoms with van der Waals surface area (Å²) in [6, 6.07) is 15.2.